The van der Waals surface area contributed by atoms with E-state index in [1.807, 2.05) is 45.0 Å². The van der Waals surface area contributed by atoms with Gasteiger partial charge in [-0.05, 0) is 30.0 Å². The number of carboxylic acid groups (broad SMARTS) is 1. The molecule has 5 heteroatoms. The maximum atomic E-state index is 12.2. The summed E-state index contributed by atoms with van der Waals surface area (Å²) in [7, 11) is 0. The van der Waals surface area contributed by atoms with Crippen molar-refractivity contribution in [2.45, 2.75) is 26.8 Å². The van der Waals surface area contributed by atoms with E-state index in [-0.39, 0.29) is 11.9 Å². The minimum absolute atomic E-state index is 0.138. The average molecular weight is 340 g/mol. The topological polar surface area (TPSA) is 66.4 Å². The summed E-state index contributed by atoms with van der Waals surface area (Å²) in [6, 6.07) is 7.56. The molecule has 1 aliphatic rings. The quantitative estimate of drug-likeness (QED) is 0.886. The third-order valence-electron chi connectivity index (χ3n) is 4.10. The standard InChI is InChI=1S/C15H18BrNO3/c1-8(9-4-6-10(16)7-5-9)17-13(18)11-12(14(19)20)15(11,2)3/h4-8,11-12H,1-3H3,(H,17,18)(H,19,20)/t8?,11-,12+/m1/s1. The average Bonchev–Trinajstić information content (AvgIpc) is 2.93. The lowest BCUT2D eigenvalue weighted by Crippen LogP contribution is -2.29. The van der Waals surface area contributed by atoms with Crippen LogP contribution in [0, 0.1) is 17.3 Å². The molecule has 0 aliphatic heterocycles. The number of rotatable bonds is 4. The lowest BCUT2D eigenvalue weighted by molar-refractivity contribution is -0.140. The summed E-state index contributed by atoms with van der Waals surface area (Å²) in [6.45, 7) is 5.53. The molecule has 1 aromatic rings. The van der Waals surface area contributed by atoms with Crippen molar-refractivity contribution in [2.24, 2.45) is 17.3 Å². The zero-order chi connectivity index (χ0) is 15.1. The Morgan fingerprint density at radius 2 is 1.80 bits per heavy atom. The third-order valence-corrected chi connectivity index (χ3v) is 4.63. The Bertz CT molecular complexity index is 539. The monoisotopic (exact) mass is 339 g/mol. The largest absolute Gasteiger partial charge is 0.481 e. The fourth-order valence-corrected chi connectivity index (χ4v) is 2.99. The Morgan fingerprint density at radius 1 is 1.25 bits per heavy atom. The molecule has 0 heterocycles. The minimum atomic E-state index is -0.897. The molecule has 2 rings (SSSR count). The zero-order valence-electron chi connectivity index (χ0n) is 11.7. The highest BCUT2D eigenvalue weighted by Gasteiger charge is 2.65. The molecular weight excluding hydrogens is 322 g/mol. The van der Waals surface area contributed by atoms with E-state index in [4.69, 9.17) is 5.11 Å². The molecule has 108 valence electrons. The first-order valence-corrected chi connectivity index (χ1v) is 7.33. The summed E-state index contributed by atoms with van der Waals surface area (Å²) < 4.78 is 0.981. The van der Waals surface area contributed by atoms with Crippen molar-refractivity contribution in [2.75, 3.05) is 0 Å². The van der Waals surface area contributed by atoms with Crippen LogP contribution in [0.2, 0.25) is 0 Å². The number of benzene rings is 1. The van der Waals surface area contributed by atoms with Crippen LogP contribution in [0.4, 0.5) is 0 Å². The van der Waals surface area contributed by atoms with E-state index >= 15 is 0 Å². The molecule has 0 radical (unpaired) electrons. The van der Waals surface area contributed by atoms with Gasteiger partial charge in [0.05, 0.1) is 17.9 Å². The van der Waals surface area contributed by atoms with Crippen LogP contribution in [0.15, 0.2) is 28.7 Å². The van der Waals surface area contributed by atoms with Gasteiger partial charge >= 0.3 is 5.97 Å². The first-order chi connectivity index (χ1) is 9.25. The Labute approximate surface area is 126 Å². The van der Waals surface area contributed by atoms with Crippen LogP contribution in [0.1, 0.15) is 32.4 Å². The van der Waals surface area contributed by atoms with Gasteiger partial charge in [-0.15, -0.1) is 0 Å². The number of carbonyl (C=O) groups is 2. The van der Waals surface area contributed by atoms with Gasteiger partial charge in [0, 0.05) is 4.47 Å². The number of carboxylic acids is 1. The molecule has 0 spiro atoms. The van der Waals surface area contributed by atoms with Crippen LogP contribution < -0.4 is 5.32 Å². The second-order valence-electron chi connectivity index (χ2n) is 5.90. The van der Waals surface area contributed by atoms with Crippen molar-refractivity contribution in [3.05, 3.63) is 34.3 Å². The van der Waals surface area contributed by atoms with Gasteiger partial charge < -0.3 is 10.4 Å². The summed E-state index contributed by atoms with van der Waals surface area (Å²) in [6.07, 6.45) is 0. The van der Waals surface area contributed by atoms with Gasteiger partial charge in [0.25, 0.3) is 0 Å². The highest BCUT2D eigenvalue weighted by molar-refractivity contribution is 9.10. The normalized spacial score (nSPS) is 24.8. The molecule has 0 bridgehead atoms. The fraction of sp³-hybridized carbons (Fsp3) is 0.467. The molecule has 1 aromatic carbocycles. The molecule has 1 fully saturated rings. The SMILES string of the molecule is CC(NC(=O)[C@H]1[C@@H](C(=O)O)C1(C)C)c1ccc(Br)cc1. The van der Waals surface area contributed by atoms with Gasteiger partial charge in [-0.1, -0.05) is 41.9 Å². The summed E-state index contributed by atoms with van der Waals surface area (Å²) in [5.41, 5.74) is 0.530. The minimum Gasteiger partial charge on any atom is -0.481 e. The highest BCUT2D eigenvalue weighted by atomic mass is 79.9. The molecule has 20 heavy (non-hydrogen) atoms. The number of hydrogen-bond donors (Lipinski definition) is 2. The maximum Gasteiger partial charge on any atom is 0.307 e. The van der Waals surface area contributed by atoms with E-state index in [0.29, 0.717) is 0 Å². The number of nitrogens with one attached hydrogen (secondary N) is 1. The number of carbonyl (C=O) groups excluding carboxylic acids is 1. The first-order valence-electron chi connectivity index (χ1n) is 6.53. The van der Waals surface area contributed by atoms with Gasteiger partial charge in [0.1, 0.15) is 0 Å². The van der Waals surface area contributed by atoms with E-state index in [0.717, 1.165) is 10.0 Å². The van der Waals surface area contributed by atoms with Crippen molar-refractivity contribution < 1.29 is 14.7 Å². The number of aliphatic carboxylic acids is 1. The Hall–Kier alpha value is -1.36. The van der Waals surface area contributed by atoms with E-state index < -0.39 is 23.2 Å². The predicted molar refractivity (Wildman–Crippen MR) is 79.1 cm³/mol. The third kappa shape index (κ3) is 2.73. The molecule has 1 unspecified atom stereocenters. The van der Waals surface area contributed by atoms with Crippen LogP contribution in [0.25, 0.3) is 0 Å². The number of hydrogen-bond acceptors (Lipinski definition) is 2. The molecule has 4 nitrogen and oxygen atoms in total. The molecule has 1 saturated carbocycles. The van der Waals surface area contributed by atoms with Crippen molar-refractivity contribution >= 4 is 27.8 Å². The van der Waals surface area contributed by atoms with Gasteiger partial charge in [-0.3, -0.25) is 9.59 Å². The van der Waals surface area contributed by atoms with Crippen LogP contribution in [-0.4, -0.2) is 17.0 Å². The summed E-state index contributed by atoms with van der Waals surface area (Å²) in [4.78, 5) is 23.3. The lowest BCUT2D eigenvalue weighted by atomic mass is 10.1. The van der Waals surface area contributed by atoms with E-state index in [9.17, 15) is 9.59 Å². The maximum absolute atomic E-state index is 12.2. The van der Waals surface area contributed by atoms with Gasteiger partial charge in [0.2, 0.25) is 5.91 Å². The van der Waals surface area contributed by atoms with Crippen molar-refractivity contribution in [1.29, 1.82) is 0 Å². The molecular formula is C15H18BrNO3. The lowest BCUT2D eigenvalue weighted by Gasteiger charge is -2.15. The molecule has 0 saturated heterocycles. The molecule has 1 aliphatic carbocycles. The van der Waals surface area contributed by atoms with Crippen LogP contribution in [-0.2, 0) is 9.59 Å². The Balaban J connectivity index is 2.02. The summed E-state index contributed by atoms with van der Waals surface area (Å²) >= 11 is 3.36. The van der Waals surface area contributed by atoms with Crippen LogP contribution in [0.5, 0.6) is 0 Å². The van der Waals surface area contributed by atoms with Gasteiger partial charge in [-0.2, -0.15) is 0 Å². The first kappa shape index (κ1) is 15.0. The smallest absolute Gasteiger partial charge is 0.307 e. The van der Waals surface area contributed by atoms with Crippen molar-refractivity contribution in [3.63, 3.8) is 0 Å². The van der Waals surface area contributed by atoms with Crippen molar-refractivity contribution in [1.82, 2.24) is 5.32 Å². The molecule has 0 aromatic heterocycles. The molecule has 2 N–H and O–H groups in total. The summed E-state index contributed by atoms with van der Waals surface area (Å²) in [5, 5.41) is 12.0. The second-order valence-corrected chi connectivity index (χ2v) is 6.81. The fourth-order valence-electron chi connectivity index (χ4n) is 2.73. The van der Waals surface area contributed by atoms with Crippen molar-refractivity contribution in [3.8, 4) is 0 Å². The highest BCUT2D eigenvalue weighted by Crippen LogP contribution is 2.58. The van der Waals surface area contributed by atoms with E-state index in [1.54, 1.807) is 0 Å². The zero-order valence-corrected chi connectivity index (χ0v) is 13.3. The number of halogens is 1. The predicted octanol–water partition coefficient (Wildman–Crippen LogP) is 2.98. The second kappa shape index (κ2) is 5.20. The van der Waals surface area contributed by atoms with Gasteiger partial charge in [0.15, 0.2) is 0 Å². The summed E-state index contributed by atoms with van der Waals surface area (Å²) in [5.74, 6) is -2.11. The van der Waals surface area contributed by atoms with Crippen LogP contribution in [0.3, 0.4) is 0 Å². The Kier molecular flexibility index (Phi) is 3.91. The van der Waals surface area contributed by atoms with Crippen LogP contribution >= 0.6 is 15.9 Å². The molecule has 3 atom stereocenters. The Morgan fingerprint density at radius 3 is 2.25 bits per heavy atom. The number of amides is 1. The van der Waals surface area contributed by atoms with Gasteiger partial charge in [-0.25, -0.2) is 0 Å². The molecule has 1 amide bonds. The van der Waals surface area contributed by atoms with E-state index in [2.05, 4.69) is 21.2 Å². The van der Waals surface area contributed by atoms with E-state index in [1.165, 1.54) is 0 Å².